The van der Waals surface area contributed by atoms with E-state index in [1.165, 1.54) is 0 Å². The molecule has 200 valence electrons. The van der Waals surface area contributed by atoms with E-state index in [4.69, 9.17) is 0 Å². The molecule has 3 saturated heterocycles. The molecule has 7 nitrogen and oxygen atoms in total. The molecule has 5 atom stereocenters. The van der Waals surface area contributed by atoms with Gasteiger partial charge >= 0.3 is 0 Å². The molecule has 2 bridgehead atoms. The Balaban J connectivity index is 1.76. The van der Waals surface area contributed by atoms with E-state index in [1.54, 1.807) is 38.6 Å². The number of aliphatic hydroxyl groups is 1. The van der Waals surface area contributed by atoms with Crippen LogP contribution in [-0.2, 0) is 14.4 Å². The topological polar surface area (TPSA) is 81.2 Å². The summed E-state index contributed by atoms with van der Waals surface area (Å²) in [6.07, 6.45) is 5.30. The summed E-state index contributed by atoms with van der Waals surface area (Å²) in [6, 6.07) is 8.80. The Bertz CT molecular complexity index is 1050. The lowest BCUT2D eigenvalue weighted by Crippen LogP contribution is -2.59. The molecule has 4 rings (SSSR count). The average Bonchev–Trinajstić information content (AvgIpc) is 3.51. The SMILES string of the molecule is C=CCN(C(=O)[C@@H]1[C@@H]2CCC3(S2)C(C(=O)N(CC=C)C(C)(C)C)N(CCCO)C(=O)[C@H]13)c1ccccc1. The summed E-state index contributed by atoms with van der Waals surface area (Å²) in [5.74, 6) is -1.41. The molecular formula is C29H39N3O4S. The van der Waals surface area contributed by atoms with Crippen molar-refractivity contribution < 1.29 is 19.5 Å². The Morgan fingerprint density at radius 2 is 1.84 bits per heavy atom. The highest BCUT2D eigenvalue weighted by molar-refractivity contribution is 8.02. The third kappa shape index (κ3) is 4.63. The number of rotatable bonds is 10. The molecule has 37 heavy (non-hydrogen) atoms. The van der Waals surface area contributed by atoms with Gasteiger partial charge < -0.3 is 19.8 Å². The monoisotopic (exact) mass is 525 g/mol. The van der Waals surface area contributed by atoms with E-state index in [1.807, 2.05) is 51.1 Å². The van der Waals surface area contributed by atoms with Crippen LogP contribution in [0.4, 0.5) is 5.69 Å². The maximum atomic E-state index is 14.3. The largest absolute Gasteiger partial charge is 0.396 e. The van der Waals surface area contributed by atoms with Gasteiger partial charge in [-0.3, -0.25) is 14.4 Å². The van der Waals surface area contributed by atoms with Crippen molar-refractivity contribution in [3.05, 3.63) is 55.6 Å². The predicted octanol–water partition coefficient (Wildman–Crippen LogP) is 3.49. The number of hydrogen-bond donors (Lipinski definition) is 1. The van der Waals surface area contributed by atoms with Crippen LogP contribution in [0.15, 0.2) is 55.6 Å². The molecule has 1 aromatic rings. The summed E-state index contributed by atoms with van der Waals surface area (Å²) in [7, 11) is 0. The second-order valence-corrected chi connectivity index (χ2v) is 12.7. The maximum Gasteiger partial charge on any atom is 0.247 e. The van der Waals surface area contributed by atoms with E-state index in [-0.39, 0.29) is 36.1 Å². The second kappa shape index (κ2) is 10.7. The third-order valence-electron chi connectivity index (χ3n) is 7.91. The molecule has 0 saturated carbocycles. The fraction of sp³-hybridized carbons (Fsp3) is 0.552. The van der Waals surface area contributed by atoms with Crippen LogP contribution in [-0.4, -0.2) is 80.4 Å². The van der Waals surface area contributed by atoms with Gasteiger partial charge in [0.25, 0.3) is 0 Å². The zero-order chi connectivity index (χ0) is 27.0. The Hall–Kier alpha value is -2.58. The van der Waals surface area contributed by atoms with E-state index < -0.39 is 28.2 Å². The van der Waals surface area contributed by atoms with Gasteiger partial charge in [0.1, 0.15) is 6.04 Å². The van der Waals surface area contributed by atoms with Crippen LogP contribution in [0.3, 0.4) is 0 Å². The molecule has 0 radical (unpaired) electrons. The first kappa shape index (κ1) is 27.5. The van der Waals surface area contributed by atoms with Gasteiger partial charge in [0.2, 0.25) is 17.7 Å². The first-order valence-electron chi connectivity index (χ1n) is 13.1. The number of fused-ring (bicyclic) bond motifs is 1. The average molecular weight is 526 g/mol. The maximum absolute atomic E-state index is 14.3. The highest BCUT2D eigenvalue weighted by Crippen LogP contribution is 2.66. The van der Waals surface area contributed by atoms with Crippen LogP contribution < -0.4 is 4.90 Å². The number of benzene rings is 1. The fourth-order valence-corrected chi connectivity index (χ4v) is 8.61. The number of carbonyl (C=O) groups excluding carboxylic acids is 3. The minimum absolute atomic E-state index is 0.0183. The van der Waals surface area contributed by atoms with E-state index in [0.717, 1.165) is 12.1 Å². The van der Waals surface area contributed by atoms with Crippen LogP contribution in [0.25, 0.3) is 0 Å². The number of aliphatic hydroxyl groups excluding tert-OH is 1. The molecule has 3 amide bonds. The number of thioether (sulfide) groups is 1. The van der Waals surface area contributed by atoms with Crippen LogP contribution in [0, 0.1) is 11.8 Å². The van der Waals surface area contributed by atoms with Crippen molar-refractivity contribution in [3.63, 3.8) is 0 Å². The third-order valence-corrected chi connectivity index (χ3v) is 9.86. The lowest BCUT2D eigenvalue weighted by molar-refractivity contribution is -0.145. The first-order valence-corrected chi connectivity index (χ1v) is 14.0. The second-order valence-electron chi connectivity index (χ2n) is 11.1. The van der Waals surface area contributed by atoms with Gasteiger partial charge in [-0.1, -0.05) is 30.4 Å². The van der Waals surface area contributed by atoms with Crippen molar-refractivity contribution in [3.8, 4) is 0 Å². The minimum atomic E-state index is -0.673. The molecule has 3 fully saturated rings. The van der Waals surface area contributed by atoms with Crippen molar-refractivity contribution in [2.24, 2.45) is 11.8 Å². The highest BCUT2D eigenvalue weighted by atomic mass is 32.2. The van der Waals surface area contributed by atoms with Crippen LogP contribution in [0.2, 0.25) is 0 Å². The summed E-state index contributed by atoms with van der Waals surface area (Å²) < 4.78 is -0.657. The molecule has 3 aliphatic heterocycles. The van der Waals surface area contributed by atoms with Gasteiger partial charge in [-0.15, -0.1) is 24.9 Å². The van der Waals surface area contributed by atoms with Gasteiger partial charge in [-0.25, -0.2) is 0 Å². The van der Waals surface area contributed by atoms with Gasteiger partial charge in [0, 0.05) is 42.7 Å². The number of para-hydroxylation sites is 1. The summed E-state index contributed by atoms with van der Waals surface area (Å²) in [5, 5.41) is 9.55. The van der Waals surface area contributed by atoms with Crippen molar-refractivity contribution in [2.45, 2.75) is 61.6 Å². The molecule has 8 heteroatoms. The van der Waals surface area contributed by atoms with Gasteiger partial charge in [0.05, 0.1) is 16.6 Å². The first-order chi connectivity index (χ1) is 17.6. The van der Waals surface area contributed by atoms with Crippen molar-refractivity contribution >= 4 is 35.2 Å². The number of likely N-dealkylation sites (tertiary alicyclic amines) is 1. The van der Waals surface area contributed by atoms with E-state index in [9.17, 15) is 19.5 Å². The zero-order valence-electron chi connectivity index (χ0n) is 22.1. The summed E-state index contributed by atoms with van der Waals surface area (Å²) in [4.78, 5) is 47.7. The van der Waals surface area contributed by atoms with Gasteiger partial charge in [0.15, 0.2) is 0 Å². The summed E-state index contributed by atoms with van der Waals surface area (Å²) >= 11 is 1.67. The molecule has 3 heterocycles. The number of amides is 3. The number of anilines is 1. The smallest absolute Gasteiger partial charge is 0.247 e. The van der Waals surface area contributed by atoms with Gasteiger partial charge in [-0.2, -0.15) is 0 Å². The molecular weight excluding hydrogens is 486 g/mol. The number of nitrogens with zero attached hydrogens (tertiary/aromatic N) is 3. The van der Waals surface area contributed by atoms with E-state index >= 15 is 0 Å². The summed E-state index contributed by atoms with van der Waals surface area (Å²) in [6.45, 7) is 14.6. The van der Waals surface area contributed by atoms with Gasteiger partial charge in [-0.05, 0) is 52.2 Å². The number of carbonyl (C=O) groups is 3. The quantitative estimate of drug-likeness (QED) is 0.473. The Labute approximate surface area is 224 Å². The normalized spacial score (nSPS) is 28.2. The fourth-order valence-electron chi connectivity index (χ4n) is 6.41. The molecule has 0 aromatic heterocycles. The molecule has 1 spiro atoms. The molecule has 1 N–H and O–H groups in total. The van der Waals surface area contributed by atoms with Crippen LogP contribution >= 0.6 is 11.8 Å². The minimum Gasteiger partial charge on any atom is -0.396 e. The predicted molar refractivity (Wildman–Crippen MR) is 148 cm³/mol. The molecule has 2 unspecified atom stereocenters. The standard InChI is InChI=1S/C29H39N3O4S/c1-6-16-30(20-12-9-8-10-13-20)25(34)22-21-14-15-29(37-21)23(22)26(35)31(18-11-19-33)24(29)27(36)32(17-7-2)28(3,4)5/h6-10,12-13,21-24,33H,1-2,11,14-19H2,3-5H3/t21-,22+,23-,24?,29?/m0/s1. The Morgan fingerprint density at radius 3 is 2.43 bits per heavy atom. The van der Waals surface area contributed by atoms with Crippen molar-refractivity contribution in [2.75, 3.05) is 31.1 Å². The zero-order valence-corrected chi connectivity index (χ0v) is 23.0. The molecule has 0 aliphatic carbocycles. The lowest BCUT2D eigenvalue weighted by atomic mass is 9.70. The van der Waals surface area contributed by atoms with E-state index in [0.29, 0.717) is 25.9 Å². The Morgan fingerprint density at radius 1 is 1.16 bits per heavy atom. The Kier molecular flexibility index (Phi) is 7.91. The van der Waals surface area contributed by atoms with Crippen LogP contribution in [0.1, 0.15) is 40.0 Å². The molecule has 1 aromatic carbocycles. The number of hydrogen-bond acceptors (Lipinski definition) is 5. The molecule has 3 aliphatic rings. The van der Waals surface area contributed by atoms with Crippen molar-refractivity contribution in [1.82, 2.24) is 9.80 Å². The highest BCUT2D eigenvalue weighted by Gasteiger charge is 2.74. The van der Waals surface area contributed by atoms with E-state index in [2.05, 4.69) is 13.2 Å². The lowest BCUT2D eigenvalue weighted by Gasteiger charge is -2.42. The van der Waals surface area contributed by atoms with Crippen molar-refractivity contribution in [1.29, 1.82) is 0 Å². The van der Waals surface area contributed by atoms with Crippen LogP contribution in [0.5, 0.6) is 0 Å². The summed E-state index contributed by atoms with van der Waals surface area (Å²) in [5.41, 5.74) is 0.310.